The minimum Gasteiger partial charge on any atom is -0.385 e. The molecule has 7 heteroatoms. The summed E-state index contributed by atoms with van der Waals surface area (Å²) < 4.78 is 39.2. The smallest absolute Gasteiger partial charge is 0.243 e. The van der Waals surface area contributed by atoms with Crippen molar-refractivity contribution in [2.24, 2.45) is 0 Å². The number of nitrogens with one attached hydrogen (secondary N) is 1. The summed E-state index contributed by atoms with van der Waals surface area (Å²) in [7, 11) is -1.77. The fourth-order valence-corrected chi connectivity index (χ4v) is 5.93. The molecule has 0 aromatic heterocycles. The van der Waals surface area contributed by atoms with E-state index in [-0.39, 0.29) is 5.60 Å². The lowest BCUT2D eigenvalue weighted by atomic mass is 9.88. The highest BCUT2D eigenvalue weighted by Crippen LogP contribution is 2.37. The van der Waals surface area contributed by atoms with Gasteiger partial charge in [0, 0.05) is 32.8 Å². The van der Waals surface area contributed by atoms with Crippen molar-refractivity contribution in [2.75, 3.05) is 40.0 Å². The number of hydrogen-bond acceptors (Lipinski definition) is 5. The number of hydrogen-bond donors (Lipinski definition) is 1. The summed E-state index contributed by atoms with van der Waals surface area (Å²) in [4.78, 5) is 0.372. The maximum atomic E-state index is 13.2. The molecule has 0 radical (unpaired) electrons. The molecular formula is C22H30N2O4S. The molecule has 2 aromatic carbocycles. The van der Waals surface area contributed by atoms with Gasteiger partial charge in [0.1, 0.15) is 0 Å². The van der Waals surface area contributed by atoms with Crippen LogP contribution in [0.5, 0.6) is 0 Å². The molecule has 2 aromatic rings. The summed E-state index contributed by atoms with van der Waals surface area (Å²) in [5.41, 5.74) is -0.186. The van der Waals surface area contributed by atoms with E-state index in [9.17, 15) is 8.42 Å². The van der Waals surface area contributed by atoms with Crippen LogP contribution in [0.4, 0.5) is 0 Å². The zero-order valence-electron chi connectivity index (χ0n) is 17.0. The Morgan fingerprint density at radius 3 is 2.69 bits per heavy atom. The Hall–Kier alpha value is -1.51. The van der Waals surface area contributed by atoms with E-state index in [0.717, 1.165) is 49.6 Å². The van der Waals surface area contributed by atoms with Crippen LogP contribution in [0.25, 0.3) is 10.8 Å². The first-order chi connectivity index (χ1) is 14.0. The number of piperidine rings is 1. The number of ether oxygens (including phenoxy) is 2. The SMILES string of the molecule is COCCCNC1COC2(CCN(S(=O)(=O)c3ccc4ccccc4c3)CC2)C1. The predicted octanol–water partition coefficient (Wildman–Crippen LogP) is 2.78. The molecule has 2 aliphatic rings. The van der Waals surface area contributed by atoms with Gasteiger partial charge in [-0.1, -0.05) is 30.3 Å². The number of nitrogens with zero attached hydrogens (tertiary/aromatic N) is 1. The van der Waals surface area contributed by atoms with Gasteiger partial charge in [0.25, 0.3) is 0 Å². The van der Waals surface area contributed by atoms with Crippen molar-refractivity contribution in [1.29, 1.82) is 0 Å². The molecule has 2 fully saturated rings. The van der Waals surface area contributed by atoms with Gasteiger partial charge in [-0.3, -0.25) is 0 Å². The van der Waals surface area contributed by atoms with Crippen LogP contribution in [0.2, 0.25) is 0 Å². The second-order valence-corrected chi connectivity index (χ2v) is 10.0. The van der Waals surface area contributed by atoms with E-state index in [4.69, 9.17) is 9.47 Å². The molecule has 2 aliphatic heterocycles. The van der Waals surface area contributed by atoms with Crippen molar-refractivity contribution >= 4 is 20.8 Å². The molecule has 6 nitrogen and oxygen atoms in total. The monoisotopic (exact) mass is 418 g/mol. The van der Waals surface area contributed by atoms with Crippen LogP contribution >= 0.6 is 0 Å². The van der Waals surface area contributed by atoms with Gasteiger partial charge in [-0.2, -0.15) is 4.31 Å². The summed E-state index contributed by atoms with van der Waals surface area (Å²) in [5, 5.41) is 5.53. The first-order valence-electron chi connectivity index (χ1n) is 10.4. The molecule has 0 bridgehead atoms. The van der Waals surface area contributed by atoms with Gasteiger partial charge in [0.05, 0.1) is 17.1 Å². The molecule has 0 aliphatic carbocycles. The van der Waals surface area contributed by atoms with E-state index in [2.05, 4.69) is 5.32 Å². The molecular weight excluding hydrogens is 388 g/mol. The van der Waals surface area contributed by atoms with E-state index < -0.39 is 10.0 Å². The zero-order chi connectivity index (χ0) is 20.3. The number of methoxy groups -OCH3 is 1. The van der Waals surface area contributed by atoms with Crippen LogP contribution < -0.4 is 5.32 Å². The van der Waals surface area contributed by atoms with Gasteiger partial charge < -0.3 is 14.8 Å². The van der Waals surface area contributed by atoms with Crippen LogP contribution in [0, 0.1) is 0 Å². The molecule has 2 saturated heterocycles. The Labute approximate surface area is 173 Å². The average molecular weight is 419 g/mol. The topological polar surface area (TPSA) is 67.9 Å². The van der Waals surface area contributed by atoms with Gasteiger partial charge in [-0.15, -0.1) is 0 Å². The number of fused-ring (bicyclic) bond motifs is 1. The normalized spacial score (nSPS) is 22.4. The third-order valence-electron chi connectivity index (χ3n) is 6.16. The molecule has 0 saturated carbocycles. The fourth-order valence-electron chi connectivity index (χ4n) is 4.46. The Morgan fingerprint density at radius 2 is 1.93 bits per heavy atom. The second-order valence-electron chi connectivity index (χ2n) is 8.11. The van der Waals surface area contributed by atoms with Crippen molar-refractivity contribution in [3.05, 3.63) is 42.5 Å². The third-order valence-corrected chi connectivity index (χ3v) is 8.05. The highest BCUT2D eigenvalue weighted by atomic mass is 32.2. The van der Waals surface area contributed by atoms with E-state index in [1.54, 1.807) is 23.5 Å². The van der Waals surface area contributed by atoms with Crippen molar-refractivity contribution < 1.29 is 17.9 Å². The lowest BCUT2D eigenvalue weighted by molar-refractivity contribution is -0.0311. The Bertz CT molecular complexity index is 939. The fraction of sp³-hybridized carbons (Fsp3) is 0.545. The van der Waals surface area contributed by atoms with Gasteiger partial charge in [0.15, 0.2) is 0 Å². The van der Waals surface area contributed by atoms with Crippen molar-refractivity contribution in [3.8, 4) is 0 Å². The number of benzene rings is 2. The molecule has 2 heterocycles. The van der Waals surface area contributed by atoms with Crippen LogP contribution in [0.3, 0.4) is 0 Å². The average Bonchev–Trinajstić information content (AvgIpc) is 3.13. The van der Waals surface area contributed by atoms with E-state index in [1.807, 2.05) is 30.3 Å². The molecule has 1 unspecified atom stereocenters. The molecule has 1 N–H and O–H groups in total. The van der Waals surface area contributed by atoms with Crippen molar-refractivity contribution in [1.82, 2.24) is 9.62 Å². The quantitative estimate of drug-likeness (QED) is 0.701. The molecule has 4 rings (SSSR count). The minimum absolute atomic E-state index is 0.186. The van der Waals surface area contributed by atoms with Gasteiger partial charge in [-0.05, 0) is 55.1 Å². The van der Waals surface area contributed by atoms with Gasteiger partial charge >= 0.3 is 0 Å². The van der Waals surface area contributed by atoms with Gasteiger partial charge in [-0.25, -0.2) is 8.42 Å². The first-order valence-corrected chi connectivity index (χ1v) is 11.8. The zero-order valence-corrected chi connectivity index (χ0v) is 17.8. The standard InChI is InChI=1S/C22H30N2O4S/c1-27-14-4-11-23-20-16-22(28-17-20)9-12-24(13-10-22)29(25,26)21-8-7-18-5-2-3-6-19(18)15-21/h2-3,5-8,15,20,23H,4,9-14,16-17H2,1H3. The highest BCUT2D eigenvalue weighted by molar-refractivity contribution is 7.89. The summed E-state index contributed by atoms with van der Waals surface area (Å²) in [6, 6.07) is 13.6. The molecule has 0 amide bonds. The van der Waals surface area contributed by atoms with Gasteiger partial charge in [0.2, 0.25) is 10.0 Å². The van der Waals surface area contributed by atoms with E-state index >= 15 is 0 Å². The van der Waals surface area contributed by atoms with Crippen LogP contribution in [-0.4, -0.2) is 64.3 Å². The van der Waals surface area contributed by atoms with Crippen molar-refractivity contribution in [3.63, 3.8) is 0 Å². The maximum absolute atomic E-state index is 13.2. The van der Waals surface area contributed by atoms with Crippen molar-refractivity contribution in [2.45, 2.75) is 42.2 Å². The Kier molecular flexibility index (Phi) is 6.22. The summed E-state index contributed by atoms with van der Waals surface area (Å²) in [6.07, 6.45) is 3.42. The van der Waals surface area contributed by atoms with Crippen LogP contribution in [0.15, 0.2) is 47.4 Å². The summed E-state index contributed by atoms with van der Waals surface area (Å²) in [5.74, 6) is 0. The highest BCUT2D eigenvalue weighted by Gasteiger charge is 2.44. The van der Waals surface area contributed by atoms with E-state index in [0.29, 0.717) is 30.6 Å². The summed E-state index contributed by atoms with van der Waals surface area (Å²) in [6.45, 7) is 3.38. The second kappa shape index (κ2) is 8.70. The lowest BCUT2D eigenvalue weighted by Gasteiger charge is -2.38. The number of sulfonamides is 1. The largest absolute Gasteiger partial charge is 0.385 e. The Balaban J connectivity index is 1.37. The lowest BCUT2D eigenvalue weighted by Crippen LogP contribution is -2.46. The third kappa shape index (κ3) is 4.49. The van der Waals surface area contributed by atoms with Crippen LogP contribution in [-0.2, 0) is 19.5 Å². The predicted molar refractivity (Wildman–Crippen MR) is 114 cm³/mol. The van der Waals surface area contributed by atoms with E-state index in [1.165, 1.54) is 0 Å². The van der Waals surface area contributed by atoms with Crippen LogP contribution in [0.1, 0.15) is 25.7 Å². The summed E-state index contributed by atoms with van der Waals surface area (Å²) >= 11 is 0. The molecule has 1 atom stereocenters. The maximum Gasteiger partial charge on any atom is 0.243 e. The number of rotatable bonds is 7. The molecule has 1 spiro atoms. The first kappa shape index (κ1) is 20.8. The molecule has 29 heavy (non-hydrogen) atoms. The Morgan fingerprint density at radius 1 is 1.17 bits per heavy atom. The minimum atomic E-state index is -3.49. The molecule has 158 valence electrons.